The Bertz CT molecular complexity index is 1330. The molecule has 2 aromatic heterocycles. The molecule has 5 rings (SSSR count). The lowest BCUT2D eigenvalue weighted by molar-refractivity contribution is 0.155. The summed E-state index contributed by atoms with van der Waals surface area (Å²) in [5.41, 5.74) is 4.06. The number of rotatable bonds is 5. The summed E-state index contributed by atoms with van der Waals surface area (Å²) in [6.45, 7) is 1.13. The zero-order valence-corrected chi connectivity index (χ0v) is 17.8. The quantitative estimate of drug-likeness (QED) is 0.506. The molecule has 0 atom stereocenters. The van der Waals surface area contributed by atoms with Gasteiger partial charge in [-0.2, -0.15) is 5.10 Å². The third kappa shape index (κ3) is 3.66. The fourth-order valence-electron chi connectivity index (χ4n) is 4.03. The number of carbonyl (C=O) groups excluding carboxylic acids is 1. The standard InChI is InChI=1S/C23H22FN5O3/c1-28-22(12-17(27-28)16-7-6-15(24)11-20(16)31-2)26-23(30)32-13-14-5-8-19-18(10-14)25-21-4-3-9-29(19)21/h5-8,10-12H,3-4,9,13H2,1-2H3,(H,26,30). The highest BCUT2D eigenvalue weighted by molar-refractivity contribution is 5.85. The molecule has 1 N–H and O–H groups in total. The van der Waals surface area contributed by atoms with E-state index in [4.69, 9.17) is 9.47 Å². The van der Waals surface area contributed by atoms with E-state index in [9.17, 15) is 9.18 Å². The Morgan fingerprint density at radius 3 is 2.94 bits per heavy atom. The molecule has 3 heterocycles. The average molecular weight is 435 g/mol. The number of imidazole rings is 1. The molecule has 1 aliphatic heterocycles. The number of carbonyl (C=O) groups is 1. The van der Waals surface area contributed by atoms with E-state index in [-0.39, 0.29) is 6.61 Å². The topological polar surface area (TPSA) is 83.2 Å². The smallest absolute Gasteiger partial charge is 0.413 e. The van der Waals surface area contributed by atoms with Gasteiger partial charge in [0.15, 0.2) is 0 Å². The maximum Gasteiger partial charge on any atom is 0.413 e. The Labute approximate surface area is 183 Å². The summed E-state index contributed by atoms with van der Waals surface area (Å²) in [5.74, 6) is 1.51. The molecule has 0 spiro atoms. The molecule has 2 aromatic carbocycles. The number of ether oxygens (including phenoxy) is 2. The molecule has 0 fully saturated rings. The minimum absolute atomic E-state index is 0.125. The molecular formula is C23H22FN5O3. The Balaban J connectivity index is 1.26. The van der Waals surface area contributed by atoms with Crippen LogP contribution in [0.1, 0.15) is 17.8 Å². The van der Waals surface area contributed by atoms with Crippen LogP contribution in [-0.2, 0) is 31.4 Å². The summed E-state index contributed by atoms with van der Waals surface area (Å²) < 4.78 is 27.9. The monoisotopic (exact) mass is 435 g/mol. The molecule has 0 saturated heterocycles. The number of anilines is 1. The number of hydrogen-bond donors (Lipinski definition) is 1. The van der Waals surface area contributed by atoms with Gasteiger partial charge in [0, 0.05) is 37.7 Å². The maximum absolute atomic E-state index is 13.5. The van der Waals surface area contributed by atoms with Crippen molar-refractivity contribution in [1.82, 2.24) is 19.3 Å². The molecule has 9 heteroatoms. The first-order valence-electron chi connectivity index (χ1n) is 10.3. The van der Waals surface area contributed by atoms with E-state index in [0.29, 0.717) is 22.8 Å². The van der Waals surface area contributed by atoms with Crippen molar-refractivity contribution in [3.8, 4) is 17.0 Å². The predicted molar refractivity (Wildman–Crippen MR) is 117 cm³/mol. The van der Waals surface area contributed by atoms with Crippen LogP contribution >= 0.6 is 0 Å². The second-order valence-corrected chi connectivity index (χ2v) is 7.69. The normalized spacial score (nSPS) is 12.7. The summed E-state index contributed by atoms with van der Waals surface area (Å²) in [6.07, 6.45) is 1.53. The van der Waals surface area contributed by atoms with Crippen LogP contribution in [0, 0.1) is 5.82 Å². The number of aryl methyl sites for hydroxylation is 3. The van der Waals surface area contributed by atoms with E-state index in [0.717, 1.165) is 41.8 Å². The van der Waals surface area contributed by atoms with Gasteiger partial charge in [-0.25, -0.2) is 14.2 Å². The first kappa shape index (κ1) is 20.0. The summed E-state index contributed by atoms with van der Waals surface area (Å²) in [7, 11) is 3.16. The van der Waals surface area contributed by atoms with E-state index in [1.54, 1.807) is 19.2 Å². The molecule has 0 radical (unpaired) electrons. The highest BCUT2D eigenvalue weighted by Crippen LogP contribution is 2.31. The van der Waals surface area contributed by atoms with Gasteiger partial charge in [0.25, 0.3) is 0 Å². The van der Waals surface area contributed by atoms with E-state index in [1.165, 1.54) is 23.9 Å². The number of nitrogens with zero attached hydrogens (tertiary/aromatic N) is 4. The highest BCUT2D eigenvalue weighted by Gasteiger charge is 2.17. The van der Waals surface area contributed by atoms with Crippen molar-refractivity contribution < 1.29 is 18.7 Å². The second-order valence-electron chi connectivity index (χ2n) is 7.69. The lowest BCUT2D eigenvalue weighted by Gasteiger charge is -2.07. The molecule has 32 heavy (non-hydrogen) atoms. The Kier molecular flexibility index (Phi) is 5.01. The first-order chi connectivity index (χ1) is 15.5. The minimum Gasteiger partial charge on any atom is -0.496 e. The molecule has 164 valence electrons. The number of fused-ring (bicyclic) bond motifs is 3. The van der Waals surface area contributed by atoms with Crippen molar-refractivity contribution in [3.05, 3.63) is 59.7 Å². The maximum atomic E-state index is 13.5. The molecule has 1 amide bonds. The zero-order chi connectivity index (χ0) is 22.2. The van der Waals surface area contributed by atoms with Crippen molar-refractivity contribution in [2.75, 3.05) is 12.4 Å². The molecule has 1 aliphatic rings. The predicted octanol–water partition coefficient (Wildman–Crippen LogP) is 4.28. The van der Waals surface area contributed by atoms with Gasteiger partial charge in [0.1, 0.15) is 29.8 Å². The lowest BCUT2D eigenvalue weighted by atomic mass is 10.1. The molecule has 0 saturated carbocycles. The number of hydrogen-bond acceptors (Lipinski definition) is 5. The number of methoxy groups -OCH3 is 1. The van der Waals surface area contributed by atoms with Gasteiger partial charge in [0.2, 0.25) is 0 Å². The van der Waals surface area contributed by atoms with Crippen LogP contribution in [0.15, 0.2) is 42.5 Å². The van der Waals surface area contributed by atoms with E-state index in [1.807, 2.05) is 18.2 Å². The summed E-state index contributed by atoms with van der Waals surface area (Å²) >= 11 is 0. The first-order valence-corrected chi connectivity index (χ1v) is 10.3. The largest absolute Gasteiger partial charge is 0.496 e. The molecule has 0 unspecified atom stereocenters. The van der Waals surface area contributed by atoms with Crippen LogP contribution in [-0.4, -0.2) is 32.5 Å². The summed E-state index contributed by atoms with van der Waals surface area (Å²) in [5, 5.41) is 7.07. The number of nitrogens with one attached hydrogen (secondary N) is 1. The lowest BCUT2D eigenvalue weighted by Crippen LogP contribution is -2.15. The van der Waals surface area contributed by atoms with E-state index in [2.05, 4.69) is 20.0 Å². The van der Waals surface area contributed by atoms with Crippen LogP contribution < -0.4 is 10.1 Å². The van der Waals surface area contributed by atoms with E-state index >= 15 is 0 Å². The van der Waals surface area contributed by atoms with Crippen LogP contribution in [0.25, 0.3) is 22.3 Å². The average Bonchev–Trinajstić information content (AvgIpc) is 3.47. The minimum atomic E-state index is -0.599. The Morgan fingerprint density at radius 1 is 1.22 bits per heavy atom. The molecular weight excluding hydrogens is 413 g/mol. The number of benzene rings is 2. The second kappa shape index (κ2) is 7.99. The fraction of sp³-hybridized carbons (Fsp3) is 0.261. The van der Waals surface area contributed by atoms with Crippen molar-refractivity contribution in [1.29, 1.82) is 0 Å². The van der Waals surface area contributed by atoms with Crippen molar-refractivity contribution in [3.63, 3.8) is 0 Å². The SMILES string of the molecule is COc1cc(F)ccc1-c1cc(NC(=O)OCc2ccc3c(c2)nc2n3CCC2)n(C)n1. The van der Waals surface area contributed by atoms with Gasteiger partial charge < -0.3 is 14.0 Å². The molecule has 4 aromatic rings. The third-order valence-electron chi connectivity index (χ3n) is 5.59. The van der Waals surface area contributed by atoms with Crippen molar-refractivity contribution >= 4 is 22.9 Å². The summed E-state index contributed by atoms with van der Waals surface area (Å²) in [4.78, 5) is 17.0. The van der Waals surface area contributed by atoms with Gasteiger partial charge in [-0.15, -0.1) is 0 Å². The number of aromatic nitrogens is 4. The van der Waals surface area contributed by atoms with Crippen LogP contribution in [0.4, 0.5) is 15.0 Å². The van der Waals surface area contributed by atoms with Gasteiger partial charge in [-0.1, -0.05) is 6.07 Å². The molecule has 8 nitrogen and oxygen atoms in total. The molecule has 0 aliphatic carbocycles. The van der Waals surface area contributed by atoms with Crippen LogP contribution in [0.5, 0.6) is 5.75 Å². The highest BCUT2D eigenvalue weighted by atomic mass is 19.1. The fourth-order valence-corrected chi connectivity index (χ4v) is 4.03. The van der Waals surface area contributed by atoms with Gasteiger partial charge >= 0.3 is 6.09 Å². The third-order valence-corrected chi connectivity index (χ3v) is 5.59. The van der Waals surface area contributed by atoms with E-state index < -0.39 is 11.9 Å². The van der Waals surface area contributed by atoms with Crippen LogP contribution in [0.3, 0.4) is 0 Å². The van der Waals surface area contributed by atoms with Crippen LogP contribution in [0.2, 0.25) is 0 Å². The number of amides is 1. The zero-order valence-electron chi connectivity index (χ0n) is 17.8. The Hall–Kier alpha value is -3.88. The van der Waals surface area contributed by atoms with Crippen molar-refractivity contribution in [2.45, 2.75) is 26.0 Å². The van der Waals surface area contributed by atoms with Crippen molar-refractivity contribution in [2.24, 2.45) is 7.05 Å². The van der Waals surface area contributed by atoms with Gasteiger partial charge in [-0.05, 0) is 36.2 Å². The number of halogens is 1. The van der Waals surface area contributed by atoms with Gasteiger partial charge in [0.05, 0.1) is 23.8 Å². The summed E-state index contributed by atoms with van der Waals surface area (Å²) in [6, 6.07) is 11.8. The molecule has 0 bridgehead atoms. The Morgan fingerprint density at radius 2 is 2.09 bits per heavy atom. The van der Waals surface area contributed by atoms with Gasteiger partial charge in [-0.3, -0.25) is 10.00 Å².